The number of phenols is 2. The van der Waals surface area contributed by atoms with E-state index in [1.165, 1.54) is 24.4 Å². The topological polar surface area (TPSA) is 111 Å². The Morgan fingerprint density at radius 2 is 1.93 bits per heavy atom. The third-order valence-electron chi connectivity index (χ3n) is 3.49. The number of carbonyl (C=O) groups excluding carboxylic acids is 2. The monoisotopic (exact) mass is 501 g/mol. The highest BCUT2D eigenvalue weighted by Gasteiger charge is 2.17. The van der Waals surface area contributed by atoms with Gasteiger partial charge in [0, 0.05) is 11.1 Å². The van der Waals surface area contributed by atoms with E-state index in [2.05, 4.69) is 47.7 Å². The standard InChI is InChI=1S/C17H14Br2FN3O4/c1-8-11(15(25)14(19)16(26)13(8)18)6-22-23-12(24)7-21-17(27)9-3-2-4-10(20)5-9/h2-6,25-26H,7H2,1H3,(H,21,27)(H,23,24). The molecule has 142 valence electrons. The quantitative estimate of drug-likeness (QED) is 0.372. The van der Waals surface area contributed by atoms with E-state index in [1.807, 2.05) is 0 Å². The van der Waals surface area contributed by atoms with E-state index >= 15 is 0 Å². The summed E-state index contributed by atoms with van der Waals surface area (Å²) in [5, 5.41) is 25.9. The maximum absolute atomic E-state index is 13.1. The molecule has 0 atom stereocenters. The van der Waals surface area contributed by atoms with Gasteiger partial charge in [0.2, 0.25) is 0 Å². The van der Waals surface area contributed by atoms with Crippen molar-refractivity contribution in [2.24, 2.45) is 5.10 Å². The van der Waals surface area contributed by atoms with Gasteiger partial charge in [-0.1, -0.05) is 6.07 Å². The van der Waals surface area contributed by atoms with Crippen LogP contribution in [0.2, 0.25) is 0 Å². The Morgan fingerprint density at radius 3 is 2.59 bits per heavy atom. The Bertz CT molecular complexity index is 906. The molecule has 0 bridgehead atoms. The molecule has 2 aromatic carbocycles. The van der Waals surface area contributed by atoms with Crippen molar-refractivity contribution in [3.05, 3.63) is 55.7 Å². The Morgan fingerprint density at radius 1 is 1.22 bits per heavy atom. The number of hydrazone groups is 1. The Hall–Kier alpha value is -2.46. The summed E-state index contributed by atoms with van der Waals surface area (Å²) in [6.07, 6.45) is 1.20. The van der Waals surface area contributed by atoms with E-state index in [0.717, 1.165) is 6.07 Å². The number of nitrogens with one attached hydrogen (secondary N) is 2. The molecule has 0 fully saturated rings. The van der Waals surface area contributed by atoms with Crippen molar-refractivity contribution in [1.82, 2.24) is 10.7 Å². The lowest BCUT2D eigenvalue weighted by atomic mass is 10.1. The van der Waals surface area contributed by atoms with Crippen LogP contribution in [0.5, 0.6) is 11.5 Å². The van der Waals surface area contributed by atoms with E-state index in [1.54, 1.807) is 6.92 Å². The summed E-state index contributed by atoms with van der Waals surface area (Å²) in [6, 6.07) is 5.06. The zero-order valence-corrected chi connectivity index (χ0v) is 17.1. The minimum atomic E-state index is -0.620. The molecule has 10 heteroatoms. The third-order valence-corrected chi connectivity index (χ3v) is 5.21. The van der Waals surface area contributed by atoms with Gasteiger partial charge in [-0.05, 0) is 62.5 Å². The molecule has 27 heavy (non-hydrogen) atoms. The molecule has 2 rings (SSSR count). The fourth-order valence-corrected chi connectivity index (χ4v) is 3.15. The molecule has 2 aromatic rings. The second-order valence-corrected chi connectivity index (χ2v) is 6.94. The number of aromatic hydroxyl groups is 2. The molecule has 0 heterocycles. The molecule has 7 nitrogen and oxygen atoms in total. The first-order valence-corrected chi connectivity index (χ1v) is 9.06. The van der Waals surface area contributed by atoms with Crippen molar-refractivity contribution in [2.45, 2.75) is 6.92 Å². The maximum Gasteiger partial charge on any atom is 0.259 e. The van der Waals surface area contributed by atoms with Crippen molar-refractivity contribution in [3.8, 4) is 11.5 Å². The summed E-state index contributed by atoms with van der Waals surface area (Å²) in [5.41, 5.74) is 3.06. The molecule has 0 saturated heterocycles. The molecule has 0 saturated carbocycles. The van der Waals surface area contributed by atoms with Crippen LogP contribution in [-0.2, 0) is 4.79 Å². The summed E-state index contributed by atoms with van der Waals surface area (Å²) in [6.45, 7) is 1.26. The summed E-state index contributed by atoms with van der Waals surface area (Å²) in [7, 11) is 0. The van der Waals surface area contributed by atoms with E-state index in [9.17, 15) is 24.2 Å². The SMILES string of the molecule is Cc1c(Br)c(O)c(Br)c(O)c1C=NNC(=O)CNC(=O)c1cccc(F)c1. The van der Waals surface area contributed by atoms with Gasteiger partial charge in [0.05, 0.1) is 17.2 Å². The lowest BCUT2D eigenvalue weighted by Crippen LogP contribution is -2.34. The number of halogens is 3. The van der Waals surface area contributed by atoms with Crippen molar-refractivity contribution < 1.29 is 24.2 Å². The van der Waals surface area contributed by atoms with Crippen LogP contribution >= 0.6 is 31.9 Å². The smallest absolute Gasteiger partial charge is 0.259 e. The lowest BCUT2D eigenvalue weighted by molar-refractivity contribution is -0.120. The van der Waals surface area contributed by atoms with E-state index in [0.29, 0.717) is 10.0 Å². The largest absolute Gasteiger partial charge is 0.506 e. The average Bonchev–Trinajstić information content (AvgIpc) is 2.65. The Balaban J connectivity index is 1.97. The second kappa shape index (κ2) is 8.96. The van der Waals surface area contributed by atoms with Crippen LogP contribution in [0.4, 0.5) is 4.39 Å². The number of phenolic OH excluding ortho intramolecular Hbond substituents is 2. The Kier molecular flexibility index (Phi) is 6.92. The first-order valence-electron chi connectivity index (χ1n) is 7.47. The summed E-state index contributed by atoms with van der Waals surface area (Å²) in [5.74, 6) is -2.19. The molecular formula is C17H14Br2FN3O4. The van der Waals surface area contributed by atoms with Crippen LogP contribution in [0.25, 0.3) is 0 Å². The van der Waals surface area contributed by atoms with Gasteiger partial charge in [0.1, 0.15) is 21.8 Å². The minimum Gasteiger partial charge on any atom is -0.506 e. The molecular weight excluding hydrogens is 489 g/mol. The number of carbonyl (C=O) groups is 2. The lowest BCUT2D eigenvalue weighted by Gasteiger charge is -2.11. The molecule has 2 amide bonds. The van der Waals surface area contributed by atoms with Crippen molar-refractivity contribution in [2.75, 3.05) is 6.54 Å². The second-order valence-electron chi connectivity index (χ2n) is 5.35. The molecule has 0 spiro atoms. The van der Waals surface area contributed by atoms with Gasteiger partial charge in [-0.25, -0.2) is 9.82 Å². The summed E-state index contributed by atoms with van der Waals surface area (Å²) in [4.78, 5) is 23.6. The van der Waals surface area contributed by atoms with E-state index < -0.39 is 17.6 Å². The predicted molar refractivity (Wildman–Crippen MR) is 104 cm³/mol. The molecule has 0 aliphatic carbocycles. The van der Waals surface area contributed by atoms with Crippen molar-refractivity contribution in [1.29, 1.82) is 0 Å². The highest BCUT2D eigenvalue weighted by atomic mass is 79.9. The van der Waals surface area contributed by atoms with Gasteiger partial charge in [0.15, 0.2) is 0 Å². The van der Waals surface area contributed by atoms with Crippen molar-refractivity contribution in [3.63, 3.8) is 0 Å². The molecule has 0 aliphatic rings. The van der Waals surface area contributed by atoms with Gasteiger partial charge in [0.25, 0.3) is 11.8 Å². The summed E-state index contributed by atoms with van der Waals surface area (Å²) < 4.78 is 13.5. The third kappa shape index (κ3) is 5.04. The zero-order chi connectivity index (χ0) is 20.1. The number of benzene rings is 2. The fourth-order valence-electron chi connectivity index (χ4n) is 2.06. The van der Waals surface area contributed by atoms with Gasteiger partial charge in [-0.3, -0.25) is 9.59 Å². The highest BCUT2D eigenvalue weighted by molar-refractivity contribution is 9.11. The van der Waals surface area contributed by atoms with Gasteiger partial charge >= 0.3 is 0 Å². The molecule has 4 N–H and O–H groups in total. The van der Waals surface area contributed by atoms with Gasteiger partial charge < -0.3 is 15.5 Å². The zero-order valence-electron chi connectivity index (χ0n) is 13.9. The number of nitrogens with zero attached hydrogens (tertiary/aromatic N) is 1. The van der Waals surface area contributed by atoms with Crippen LogP contribution in [0.15, 0.2) is 38.3 Å². The summed E-state index contributed by atoms with van der Waals surface area (Å²) >= 11 is 6.24. The average molecular weight is 503 g/mol. The molecule has 0 unspecified atom stereocenters. The van der Waals surface area contributed by atoms with Gasteiger partial charge in [-0.2, -0.15) is 5.10 Å². The number of hydrogen-bond donors (Lipinski definition) is 4. The normalized spacial score (nSPS) is 10.8. The first-order chi connectivity index (χ1) is 12.7. The van der Waals surface area contributed by atoms with Crippen LogP contribution in [0.1, 0.15) is 21.5 Å². The van der Waals surface area contributed by atoms with Crippen LogP contribution in [0, 0.1) is 12.7 Å². The van der Waals surface area contributed by atoms with Gasteiger partial charge in [-0.15, -0.1) is 0 Å². The molecule has 0 radical (unpaired) electrons. The van der Waals surface area contributed by atoms with Crippen molar-refractivity contribution >= 4 is 49.9 Å². The van der Waals surface area contributed by atoms with Crippen LogP contribution in [0.3, 0.4) is 0 Å². The minimum absolute atomic E-state index is 0.0788. The number of amides is 2. The van der Waals surface area contributed by atoms with Crippen LogP contribution in [-0.4, -0.2) is 34.8 Å². The number of rotatable bonds is 5. The molecule has 0 aliphatic heterocycles. The fraction of sp³-hybridized carbons (Fsp3) is 0.118. The Labute approximate surface area is 170 Å². The maximum atomic E-state index is 13.1. The highest BCUT2D eigenvalue weighted by Crippen LogP contribution is 2.43. The predicted octanol–water partition coefficient (Wildman–Crippen LogP) is 2.95. The van der Waals surface area contributed by atoms with E-state index in [-0.39, 0.29) is 33.6 Å². The van der Waals surface area contributed by atoms with E-state index in [4.69, 9.17) is 0 Å². The first kappa shape index (κ1) is 20.8. The molecule has 0 aromatic heterocycles. The van der Waals surface area contributed by atoms with Crippen LogP contribution < -0.4 is 10.7 Å². The number of hydrogen-bond acceptors (Lipinski definition) is 5.